The number of nitrogens with two attached hydrogens (primary N) is 4. The maximum atomic E-state index is 15.0. The Kier molecular flexibility index (Phi) is 30.8. The van der Waals surface area contributed by atoms with Crippen LogP contribution in [0.15, 0.2) is 91.4 Å². The van der Waals surface area contributed by atoms with Gasteiger partial charge in [0.05, 0.1) is 6.04 Å². The van der Waals surface area contributed by atoms with Gasteiger partial charge in [-0.1, -0.05) is 110 Å². The zero-order valence-corrected chi connectivity index (χ0v) is 60.1. The van der Waals surface area contributed by atoms with E-state index >= 15 is 0 Å². The zero-order valence-electron chi connectivity index (χ0n) is 60.1. The summed E-state index contributed by atoms with van der Waals surface area (Å²) in [6.07, 6.45) is 5.48. The monoisotopic (exact) mass is 1440 g/mol. The maximum Gasteiger partial charge on any atom is 0.326 e. The van der Waals surface area contributed by atoms with Crippen molar-refractivity contribution in [2.45, 2.75) is 174 Å². The van der Waals surface area contributed by atoms with Crippen LogP contribution in [0.25, 0.3) is 32.7 Å². The molecule has 0 spiro atoms. The summed E-state index contributed by atoms with van der Waals surface area (Å²) in [4.78, 5) is 153. The lowest BCUT2D eigenvalue weighted by molar-refractivity contribution is -0.142. The molecule has 6 aromatic rings. The fourth-order valence-corrected chi connectivity index (χ4v) is 11.9. The van der Waals surface area contributed by atoms with Crippen LogP contribution >= 0.6 is 0 Å². The van der Waals surface area contributed by atoms with E-state index in [-0.39, 0.29) is 88.9 Å². The van der Waals surface area contributed by atoms with Crippen LogP contribution in [-0.2, 0) is 67.2 Å². The summed E-state index contributed by atoms with van der Waals surface area (Å²) < 4.78 is 0. The van der Waals surface area contributed by atoms with E-state index in [1.165, 1.54) is 0 Å². The largest absolute Gasteiger partial charge is 0.480 e. The summed E-state index contributed by atoms with van der Waals surface area (Å²) in [6.45, 7) is 13.8. The van der Waals surface area contributed by atoms with Crippen molar-refractivity contribution in [2.75, 3.05) is 19.6 Å². The molecule has 9 amide bonds. The number of carboxylic acid groups (broad SMARTS) is 1. The van der Waals surface area contributed by atoms with Crippen molar-refractivity contribution in [3.05, 3.63) is 108 Å². The summed E-state index contributed by atoms with van der Waals surface area (Å²) >= 11 is 0. The predicted octanol–water partition coefficient (Wildman–Crippen LogP) is 0.347. The Balaban J connectivity index is 1.20. The highest BCUT2D eigenvalue weighted by Crippen LogP contribution is 2.24. The Morgan fingerprint density at radius 3 is 0.962 bits per heavy atom. The first kappa shape index (κ1) is 81.7. The second kappa shape index (κ2) is 39.2. The van der Waals surface area contributed by atoms with Gasteiger partial charge in [-0.05, 0) is 97.1 Å². The topological polar surface area (TPSA) is 558 Å². The quantitative estimate of drug-likeness (QED) is 0.0140. The number of aromatic amines is 3. The number of carbonyl (C=O) groups excluding carboxylic acids is 9. The smallest absolute Gasteiger partial charge is 0.326 e. The van der Waals surface area contributed by atoms with Gasteiger partial charge in [-0.15, -0.1) is 0 Å². The molecule has 33 heteroatoms. The van der Waals surface area contributed by atoms with Gasteiger partial charge in [-0.3, -0.25) is 59.4 Å². The van der Waals surface area contributed by atoms with E-state index < -0.39 is 143 Å². The Morgan fingerprint density at radius 1 is 0.365 bits per heavy atom. The molecule has 0 radical (unpaired) electrons. The van der Waals surface area contributed by atoms with Crippen LogP contribution in [0.2, 0.25) is 0 Å². The maximum absolute atomic E-state index is 15.0. The van der Waals surface area contributed by atoms with Crippen molar-refractivity contribution < 1.29 is 53.1 Å². The minimum Gasteiger partial charge on any atom is -0.480 e. The number of benzene rings is 3. The van der Waals surface area contributed by atoms with Gasteiger partial charge in [-0.25, -0.2) is 4.79 Å². The van der Waals surface area contributed by atoms with E-state index in [0.29, 0.717) is 34.0 Å². The van der Waals surface area contributed by atoms with E-state index in [1.54, 1.807) is 80.0 Å². The predicted molar refractivity (Wildman–Crippen MR) is 396 cm³/mol. The van der Waals surface area contributed by atoms with Crippen molar-refractivity contribution in [1.82, 2.24) is 78.8 Å². The second-order valence-electron chi connectivity index (χ2n) is 27.3. The summed E-state index contributed by atoms with van der Waals surface area (Å²) in [6, 6.07) is 8.57. The number of carboxylic acids is 1. The molecule has 0 aliphatic carbocycles. The Labute approximate surface area is 603 Å². The first-order valence-electron chi connectivity index (χ1n) is 34.9. The molecule has 0 bridgehead atoms. The Hall–Kier alpha value is -11.3. The van der Waals surface area contributed by atoms with Gasteiger partial charge in [0, 0.05) is 90.2 Å². The fourth-order valence-electron chi connectivity index (χ4n) is 11.9. The number of fused-ring (bicyclic) bond motifs is 3. The van der Waals surface area contributed by atoms with Crippen LogP contribution in [0.4, 0.5) is 0 Å². The number of aliphatic carboxylic acids is 1. The van der Waals surface area contributed by atoms with Crippen LogP contribution in [0.3, 0.4) is 0 Å². The minimum absolute atomic E-state index is 0.0124. The molecule has 0 aliphatic heterocycles. The molecule has 0 unspecified atom stereocenters. The zero-order chi connectivity index (χ0) is 76.5. The van der Waals surface area contributed by atoms with Crippen LogP contribution in [-0.4, -0.2) is 177 Å². The molecule has 0 saturated heterocycles. The average Bonchev–Trinajstić information content (AvgIpc) is 1.62. The summed E-state index contributed by atoms with van der Waals surface area (Å²) in [5.74, 6) is -11.9. The molecular weight excluding hydrogens is 1340 g/mol. The molecule has 564 valence electrons. The summed E-state index contributed by atoms with van der Waals surface area (Å²) in [7, 11) is 0. The molecule has 0 aliphatic rings. The summed E-state index contributed by atoms with van der Waals surface area (Å²) in [5.41, 5.74) is 26.8. The lowest BCUT2D eigenvalue weighted by Gasteiger charge is -2.31. The number of para-hydroxylation sites is 3. The van der Waals surface area contributed by atoms with E-state index in [4.69, 9.17) is 39.2 Å². The third kappa shape index (κ3) is 24.2. The SMILES string of the molecule is CC(C)[C@H](NC(=O)[C@H](Cc1c[nH]c2ccccc12)NC(=O)[C@H](CCCNC(=N)N)NC(=O)[C@H](CCCNC(=N)N)NC(=O)[C@@H](N)CCCNC(=N)N)C(=O)N[C@H](C(=O)N[C@H](C(=O)N[C@H](C(=O)N[C@@H](Cc1c[nH]c2ccccc12)C(=O)N[C@@H](Cc1c[nH]c2ccccc12)C(=O)O)C(C)C)C(C)C)C(C)C. The summed E-state index contributed by atoms with van der Waals surface area (Å²) in [5, 5.41) is 68.1. The molecular formula is C71H104N22O11. The highest BCUT2D eigenvalue weighted by atomic mass is 16.4. The molecule has 0 fully saturated rings. The average molecular weight is 1440 g/mol. The normalized spacial score (nSPS) is 14.3. The van der Waals surface area contributed by atoms with Crippen molar-refractivity contribution in [1.29, 1.82) is 16.2 Å². The van der Waals surface area contributed by atoms with E-state index in [1.807, 2.05) is 66.7 Å². The first-order valence-corrected chi connectivity index (χ1v) is 34.9. The van der Waals surface area contributed by atoms with Crippen molar-refractivity contribution in [2.24, 2.45) is 46.6 Å². The van der Waals surface area contributed by atoms with Gasteiger partial charge in [0.15, 0.2) is 17.9 Å². The van der Waals surface area contributed by atoms with E-state index in [9.17, 15) is 53.1 Å². The fraction of sp³-hybridized carbons (Fsp3) is 0.479. The molecule has 3 aromatic heterocycles. The van der Waals surface area contributed by atoms with Gasteiger partial charge in [0.25, 0.3) is 0 Å². The molecule has 0 saturated carbocycles. The molecule has 27 N–H and O–H groups in total. The van der Waals surface area contributed by atoms with Crippen molar-refractivity contribution in [3.63, 3.8) is 0 Å². The minimum atomic E-state index is -1.45. The molecule has 10 atom stereocenters. The Morgan fingerprint density at radius 2 is 0.625 bits per heavy atom. The number of carbonyl (C=O) groups is 10. The van der Waals surface area contributed by atoms with Gasteiger partial charge < -0.3 is 107 Å². The molecule has 6 rings (SSSR count). The molecule has 104 heavy (non-hydrogen) atoms. The van der Waals surface area contributed by atoms with Gasteiger partial charge >= 0.3 is 5.97 Å². The van der Waals surface area contributed by atoms with Crippen molar-refractivity contribution >= 4 is 110 Å². The van der Waals surface area contributed by atoms with Crippen LogP contribution in [0.1, 0.15) is 111 Å². The number of rotatable bonds is 41. The standard InChI is InChI=1S/C71H104N22O11/c1-36(2)55(64(99)88-52(30-40-33-82-47-22-12-9-18-43(40)47)62(97)89-54(68(103)104)32-42-35-84-49-24-14-11-20-45(42)49)91-66(101)57(38(5)6)93-67(102)58(39(7)8)92-65(100)56(37(3)4)90-63(98)53(31-41-34-83-48-23-13-10-19-44(41)48)87-61(96)51(26-17-29-81-71(77)78)86-60(95)50(25-16-28-80-70(75)76)85-59(94)46(72)21-15-27-79-69(73)74/h9-14,18-20,22-24,33-39,46,50-58,82-84H,15-17,21,25-32,72H2,1-8H3,(H,85,94)(H,86,95)(H,87,96)(H,88,99)(H,89,97)(H,90,98)(H,91,101)(H,92,100)(H,93,102)(H,103,104)(H4,73,74,79)(H4,75,76,80)(H4,77,78,81)/t46-,50-,51-,52-,53-,54-,55-,56-,57-,58-/m0/s1. The van der Waals surface area contributed by atoms with Crippen LogP contribution in [0, 0.1) is 39.9 Å². The number of nitrogens with one attached hydrogen (secondary N) is 18. The first-order chi connectivity index (χ1) is 49.3. The molecule has 3 heterocycles. The number of guanidine groups is 3. The number of hydrogen-bond donors (Lipinski definition) is 23. The highest BCUT2D eigenvalue weighted by Gasteiger charge is 2.39. The van der Waals surface area contributed by atoms with Gasteiger partial charge in [0.2, 0.25) is 53.2 Å². The lowest BCUT2D eigenvalue weighted by Crippen LogP contribution is -2.63. The van der Waals surface area contributed by atoms with E-state index in [0.717, 1.165) is 21.8 Å². The number of hydrogen-bond acceptors (Lipinski definition) is 14. The number of amides is 9. The molecule has 33 nitrogen and oxygen atoms in total. The number of aromatic nitrogens is 3. The molecule has 3 aromatic carbocycles. The lowest BCUT2D eigenvalue weighted by atomic mass is 9.96. The van der Waals surface area contributed by atoms with Crippen LogP contribution in [0.5, 0.6) is 0 Å². The van der Waals surface area contributed by atoms with E-state index in [2.05, 4.69) is 78.8 Å². The third-order valence-electron chi connectivity index (χ3n) is 17.7. The van der Waals surface area contributed by atoms with Gasteiger partial charge in [0.1, 0.15) is 54.4 Å². The van der Waals surface area contributed by atoms with Crippen molar-refractivity contribution in [3.8, 4) is 0 Å². The third-order valence-corrected chi connectivity index (χ3v) is 17.7. The van der Waals surface area contributed by atoms with Gasteiger partial charge in [-0.2, -0.15) is 0 Å². The highest BCUT2D eigenvalue weighted by molar-refractivity contribution is 6.00. The Bertz CT molecular complexity index is 3990. The van der Waals surface area contributed by atoms with Crippen LogP contribution < -0.4 is 86.7 Å². The second-order valence-corrected chi connectivity index (χ2v) is 27.3. The number of H-pyrrole nitrogens is 3.